The average molecular weight is 315 g/mol. The molecule has 112 valence electrons. The number of aromatic nitrogens is 1. The Morgan fingerprint density at radius 2 is 2.25 bits per heavy atom. The maximum atomic E-state index is 11.7. The van der Waals surface area contributed by atoms with Crippen LogP contribution in [0.15, 0.2) is 0 Å². The molecule has 2 aliphatic rings. The van der Waals surface area contributed by atoms with Gasteiger partial charge in [0, 0.05) is 23.5 Å². The number of rotatable bonds is 2. The van der Waals surface area contributed by atoms with Gasteiger partial charge in [-0.2, -0.15) is 0 Å². The molecule has 2 heterocycles. The molecular weight excluding hydrogens is 294 g/mol. The van der Waals surface area contributed by atoms with Crippen molar-refractivity contribution in [2.75, 3.05) is 30.0 Å². The first kappa shape index (κ1) is 14.3. The molecule has 20 heavy (non-hydrogen) atoms. The Bertz CT molecular complexity index is 597. The molecule has 2 unspecified atom stereocenters. The highest BCUT2D eigenvalue weighted by molar-refractivity contribution is 7.91. The summed E-state index contributed by atoms with van der Waals surface area (Å²) >= 11 is 1.74. The molecule has 1 aliphatic heterocycles. The first-order valence-corrected chi connectivity index (χ1v) is 9.78. The van der Waals surface area contributed by atoms with Gasteiger partial charge in [0.1, 0.15) is 0 Å². The zero-order chi connectivity index (χ0) is 14.3. The minimum absolute atomic E-state index is 0.0226. The Morgan fingerprint density at radius 1 is 1.45 bits per heavy atom. The van der Waals surface area contributed by atoms with Crippen LogP contribution in [0.25, 0.3) is 0 Å². The number of nitrogens with zero attached hydrogens (tertiary/aromatic N) is 2. The van der Waals surface area contributed by atoms with Crippen LogP contribution in [0.1, 0.15) is 36.4 Å². The summed E-state index contributed by atoms with van der Waals surface area (Å²) in [6.07, 6.45) is 3.38. The standard InChI is InChI=1S/C13H21N3O2S2/c1-9-8-20(17,18)7-6-16(9)13-15-11-5-3-4-10(14-2)12(11)19-13/h9-10,14H,3-8H2,1-2H3. The molecule has 1 aromatic heterocycles. The molecule has 7 heteroatoms. The Morgan fingerprint density at radius 3 is 2.95 bits per heavy atom. The van der Waals surface area contributed by atoms with Crippen molar-refractivity contribution in [3.8, 4) is 0 Å². The summed E-state index contributed by atoms with van der Waals surface area (Å²) in [6, 6.07) is 0.434. The number of hydrogen-bond acceptors (Lipinski definition) is 6. The molecule has 0 saturated carbocycles. The molecule has 0 amide bonds. The summed E-state index contributed by atoms with van der Waals surface area (Å²) in [5, 5.41) is 4.36. The van der Waals surface area contributed by atoms with E-state index in [-0.39, 0.29) is 17.5 Å². The van der Waals surface area contributed by atoms with Crippen molar-refractivity contribution in [3.05, 3.63) is 10.6 Å². The molecule has 1 aromatic rings. The molecular formula is C13H21N3O2S2. The first-order chi connectivity index (χ1) is 9.50. The molecule has 0 aromatic carbocycles. The quantitative estimate of drug-likeness (QED) is 0.893. The van der Waals surface area contributed by atoms with E-state index in [4.69, 9.17) is 4.98 Å². The molecule has 2 atom stereocenters. The fourth-order valence-corrected chi connectivity index (χ4v) is 6.03. The molecule has 5 nitrogen and oxygen atoms in total. The maximum Gasteiger partial charge on any atom is 0.186 e. The Hall–Kier alpha value is -0.660. The fourth-order valence-electron chi connectivity index (χ4n) is 3.09. The van der Waals surface area contributed by atoms with Gasteiger partial charge in [-0.1, -0.05) is 11.3 Å². The van der Waals surface area contributed by atoms with Gasteiger partial charge >= 0.3 is 0 Å². The number of anilines is 1. The van der Waals surface area contributed by atoms with E-state index in [0.717, 1.165) is 18.0 Å². The van der Waals surface area contributed by atoms with Crippen molar-refractivity contribution in [1.82, 2.24) is 10.3 Å². The van der Waals surface area contributed by atoms with Gasteiger partial charge in [0.2, 0.25) is 0 Å². The Balaban J connectivity index is 1.87. The van der Waals surface area contributed by atoms with Crippen molar-refractivity contribution >= 4 is 26.3 Å². The summed E-state index contributed by atoms with van der Waals surface area (Å²) in [5.74, 6) is 0.490. The number of aryl methyl sites for hydroxylation is 1. The Kier molecular flexibility index (Phi) is 3.77. The van der Waals surface area contributed by atoms with E-state index in [0.29, 0.717) is 12.6 Å². The fraction of sp³-hybridized carbons (Fsp3) is 0.769. The van der Waals surface area contributed by atoms with Crippen LogP contribution < -0.4 is 10.2 Å². The van der Waals surface area contributed by atoms with E-state index in [1.54, 1.807) is 11.3 Å². The molecule has 0 spiro atoms. The van der Waals surface area contributed by atoms with Gasteiger partial charge in [-0.05, 0) is 33.2 Å². The van der Waals surface area contributed by atoms with E-state index < -0.39 is 9.84 Å². The van der Waals surface area contributed by atoms with Crippen molar-refractivity contribution < 1.29 is 8.42 Å². The number of nitrogens with one attached hydrogen (secondary N) is 1. The maximum absolute atomic E-state index is 11.7. The third kappa shape index (κ3) is 2.58. The predicted molar refractivity (Wildman–Crippen MR) is 82.3 cm³/mol. The van der Waals surface area contributed by atoms with Crippen LogP contribution in [-0.2, 0) is 16.3 Å². The van der Waals surface area contributed by atoms with Crippen LogP contribution >= 0.6 is 11.3 Å². The lowest BCUT2D eigenvalue weighted by atomic mass is 9.98. The van der Waals surface area contributed by atoms with Crippen LogP contribution in [0.3, 0.4) is 0 Å². The lowest BCUT2D eigenvalue weighted by molar-refractivity contribution is 0.501. The normalized spacial score (nSPS) is 29.2. The average Bonchev–Trinajstić information content (AvgIpc) is 2.80. The summed E-state index contributed by atoms with van der Waals surface area (Å²) in [6.45, 7) is 2.55. The summed E-state index contributed by atoms with van der Waals surface area (Å²) in [4.78, 5) is 8.29. The molecule has 3 rings (SSSR count). The van der Waals surface area contributed by atoms with Gasteiger partial charge in [0.25, 0.3) is 0 Å². The van der Waals surface area contributed by atoms with Gasteiger partial charge in [0.15, 0.2) is 15.0 Å². The highest BCUT2D eigenvalue weighted by Crippen LogP contribution is 2.38. The van der Waals surface area contributed by atoms with E-state index in [2.05, 4.69) is 10.2 Å². The summed E-state index contributed by atoms with van der Waals surface area (Å²) in [7, 11) is -0.872. The molecule has 1 saturated heterocycles. The van der Waals surface area contributed by atoms with Crippen molar-refractivity contribution in [3.63, 3.8) is 0 Å². The summed E-state index contributed by atoms with van der Waals surface area (Å²) in [5.41, 5.74) is 1.20. The molecule has 1 N–H and O–H groups in total. The third-order valence-corrected chi connectivity index (χ3v) is 7.25. The SMILES string of the molecule is CNC1CCCc2nc(N3CCS(=O)(=O)CC3C)sc21. The monoisotopic (exact) mass is 315 g/mol. The molecule has 0 radical (unpaired) electrons. The first-order valence-electron chi connectivity index (χ1n) is 7.14. The minimum atomic E-state index is -2.87. The Labute approximate surface area is 124 Å². The predicted octanol–water partition coefficient (Wildman–Crippen LogP) is 1.36. The van der Waals surface area contributed by atoms with Gasteiger partial charge in [-0.15, -0.1) is 0 Å². The minimum Gasteiger partial charge on any atom is -0.343 e. The third-order valence-electron chi connectivity index (χ3n) is 4.20. The lowest BCUT2D eigenvalue weighted by Crippen LogP contribution is -2.47. The number of sulfone groups is 1. The zero-order valence-electron chi connectivity index (χ0n) is 11.9. The van der Waals surface area contributed by atoms with E-state index in [1.165, 1.54) is 17.0 Å². The lowest BCUT2D eigenvalue weighted by Gasteiger charge is -2.32. The van der Waals surface area contributed by atoms with Crippen molar-refractivity contribution in [2.45, 2.75) is 38.3 Å². The van der Waals surface area contributed by atoms with Crippen molar-refractivity contribution in [1.29, 1.82) is 0 Å². The second-order valence-corrected chi connectivity index (χ2v) is 8.94. The topological polar surface area (TPSA) is 62.3 Å². The highest BCUT2D eigenvalue weighted by atomic mass is 32.2. The van der Waals surface area contributed by atoms with Crippen LogP contribution in [0.5, 0.6) is 0 Å². The van der Waals surface area contributed by atoms with Gasteiger partial charge in [-0.25, -0.2) is 13.4 Å². The largest absolute Gasteiger partial charge is 0.343 e. The second kappa shape index (κ2) is 5.27. The van der Waals surface area contributed by atoms with Crippen LogP contribution in [-0.4, -0.2) is 44.5 Å². The van der Waals surface area contributed by atoms with Gasteiger partial charge < -0.3 is 10.2 Å². The van der Waals surface area contributed by atoms with Crippen molar-refractivity contribution in [2.24, 2.45) is 0 Å². The smallest absolute Gasteiger partial charge is 0.186 e. The van der Waals surface area contributed by atoms with E-state index in [1.807, 2.05) is 14.0 Å². The highest BCUT2D eigenvalue weighted by Gasteiger charge is 2.32. The van der Waals surface area contributed by atoms with Crippen LogP contribution in [0, 0.1) is 0 Å². The van der Waals surface area contributed by atoms with Crippen LogP contribution in [0.2, 0.25) is 0 Å². The van der Waals surface area contributed by atoms with Crippen LogP contribution in [0.4, 0.5) is 5.13 Å². The summed E-state index contributed by atoms with van der Waals surface area (Å²) < 4.78 is 23.4. The van der Waals surface area contributed by atoms with E-state index in [9.17, 15) is 8.42 Å². The number of hydrogen-bond donors (Lipinski definition) is 1. The zero-order valence-corrected chi connectivity index (χ0v) is 13.6. The van der Waals surface area contributed by atoms with E-state index >= 15 is 0 Å². The van der Waals surface area contributed by atoms with Gasteiger partial charge in [-0.3, -0.25) is 0 Å². The number of fused-ring (bicyclic) bond motifs is 1. The second-order valence-electron chi connectivity index (χ2n) is 5.70. The molecule has 1 aliphatic carbocycles. The molecule has 1 fully saturated rings. The molecule has 0 bridgehead atoms. The van der Waals surface area contributed by atoms with Gasteiger partial charge in [0.05, 0.1) is 17.2 Å². The number of thiazole rings is 1.